The van der Waals surface area contributed by atoms with Gasteiger partial charge in [-0.1, -0.05) is 13.3 Å². The van der Waals surface area contributed by atoms with Gasteiger partial charge in [0, 0.05) is 26.3 Å². The van der Waals surface area contributed by atoms with Crippen molar-refractivity contribution in [3.63, 3.8) is 0 Å². The Morgan fingerprint density at radius 1 is 1.14 bits per heavy atom. The van der Waals surface area contributed by atoms with E-state index in [1.807, 2.05) is 6.92 Å². The van der Waals surface area contributed by atoms with Gasteiger partial charge in [0.05, 0.1) is 0 Å². The van der Waals surface area contributed by atoms with Gasteiger partial charge in [0.25, 0.3) is 0 Å². The fourth-order valence-corrected chi connectivity index (χ4v) is 0.962. The lowest BCUT2D eigenvalue weighted by Crippen LogP contribution is -2.36. The average Bonchev–Trinajstić information content (AvgIpc) is 2.18. The molecule has 0 unspecified atom stereocenters. The summed E-state index contributed by atoms with van der Waals surface area (Å²) in [6.07, 6.45) is 3.01. The van der Waals surface area contributed by atoms with Crippen molar-refractivity contribution in [1.82, 2.24) is 10.6 Å². The van der Waals surface area contributed by atoms with Crippen molar-refractivity contribution in [1.29, 1.82) is 0 Å². The zero-order chi connectivity index (χ0) is 10.6. The van der Waals surface area contributed by atoms with Crippen LogP contribution in [0.25, 0.3) is 0 Å². The van der Waals surface area contributed by atoms with Crippen LogP contribution < -0.4 is 10.6 Å². The summed E-state index contributed by atoms with van der Waals surface area (Å²) in [5, 5.41) is 5.55. The number of ether oxygens (including phenoxy) is 1. The number of urea groups is 1. The van der Waals surface area contributed by atoms with Crippen LogP contribution in [0.5, 0.6) is 0 Å². The predicted octanol–water partition coefficient (Wildman–Crippen LogP) is 1.51. The van der Waals surface area contributed by atoms with E-state index >= 15 is 0 Å². The van der Waals surface area contributed by atoms with Crippen molar-refractivity contribution in [2.45, 2.75) is 33.1 Å². The third-order valence-electron chi connectivity index (χ3n) is 1.77. The molecule has 2 amide bonds. The number of hydrogen-bond donors (Lipinski definition) is 2. The van der Waals surface area contributed by atoms with Crippen molar-refractivity contribution >= 4 is 6.03 Å². The first-order valence-electron chi connectivity index (χ1n) is 5.40. The molecule has 0 aromatic rings. The Balaban J connectivity index is 3.10. The van der Waals surface area contributed by atoms with Gasteiger partial charge in [-0.25, -0.2) is 4.79 Å². The van der Waals surface area contributed by atoms with E-state index in [1.165, 1.54) is 0 Å². The molecule has 0 heterocycles. The van der Waals surface area contributed by atoms with Crippen molar-refractivity contribution < 1.29 is 9.53 Å². The fourth-order valence-electron chi connectivity index (χ4n) is 0.962. The number of hydrogen-bond acceptors (Lipinski definition) is 2. The summed E-state index contributed by atoms with van der Waals surface area (Å²) in [5.41, 5.74) is 0. The van der Waals surface area contributed by atoms with Crippen LogP contribution in [0.2, 0.25) is 0 Å². The molecule has 84 valence electrons. The van der Waals surface area contributed by atoms with E-state index in [4.69, 9.17) is 4.74 Å². The maximum atomic E-state index is 11.1. The standard InChI is InChI=1S/C10H22N2O2/c1-3-5-7-11-10(13)12-8-6-9-14-4-2/h3-9H2,1-2H3,(H2,11,12,13). The highest BCUT2D eigenvalue weighted by Gasteiger charge is 1.96. The molecule has 0 spiro atoms. The Kier molecular flexibility index (Phi) is 9.74. The molecular formula is C10H22N2O2. The number of carbonyl (C=O) groups is 1. The topological polar surface area (TPSA) is 50.4 Å². The number of nitrogens with one attached hydrogen (secondary N) is 2. The van der Waals surface area contributed by atoms with Gasteiger partial charge in [-0.05, 0) is 19.8 Å². The van der Waals surface area contributed by atoms with Gasteiger partial charge in [0.2, 0.25) is 0 Å². The second kappa shape index (κ2) is 10.3. The largest absolute Gasteiger partial charge is 0.382 e. The lowest BCUT2D eigenvalue weighted by atomic mass is 10.3. The van der Waals surface area contributed by atoms with Crippen LogP contribution in [-0.4, -0.2) is 32.3 Å². The first kappa shape index (κ1) is 13.2. The van der Waals surface area contributed by atoms with Crippen LogP contribution in [-0.2, 0) is 4.74 Å². The van der Waals surface area contributed by atoms with Gasteiger partial charge in [-0.3, -0.25) is 0 Å². The molecule has 0 saturated carbocycles. The quantitative estimate of drug-likeness (QED) is 0.586. The summed E-state index contributed by atoms with van der Waals surface area (Å²) in [4.78, 5) is 11.1. The van der Waals surface area contributed by atoms with Crippen molar-refractivity contribution in [2.75, 3.05) is 26.3 Å². The number of carbonyl (C=O) groups excluding carboxylic acids is 1. The molecule has 0 rings (SSSR count). The molecule has 0 saturated heterocycles. The first-order chi connectivity index (χ1) is 6.81. The SMILES string of the molecule is CCCCNC(=O)NCCCOCC. The smallest absolute Gasteiger partial charge is 0.314 e. The minimum atomic E-state index is -0.0741. The van der Waals surface area contributed by atoms with Crippen LogP contribution >= 0.6 is 0 Å². The van der Waals surface area contributed by atoms with Gasteiger partial charge in [-0.2, -0.15) is 0 Å². The van der Waals surface area contributed by atoms with E-state index in [0.717, 1.165) is 32.4 Å². The highest BCUT2D eigenvalue weighted by atomic mass is 16.5. The molecule has 0 atom stereocenters. The number of amides is 2. The predicted molar refractivity (Wildman–Crippen MR) is 57.4 cm³/mol. The Hall–Kier alpha value is -0.770. The average molecular weight is 202 g/mol. The van der Waals surface area contributed by atoms with Gasteiger partial charge < -0.3 is 15.4 Å². The van der Waals surface area contributed by atoms with Gasteiger partial charge in [0.1, 0.15) is 0 Å². The summed E-state index contributed by atoms with van der Waals surface area (Å²) in [7, 11) is 0. The van der Waals surface area contributed by atoms with Crippen molar-refractivity contribution in [3.8, 4) is 0 Å². The van der Waals surface area contributed by atoms with Crippen LogP contribution in [0.15, 0.2) is 0 Å². The molecule has 4 heteroatoms. The van der Waals surface area contributed by atoms with E-state index < -0.39 is 0 Å². The lowest BCUT2D eigenvalue weighted by molar-refractivity contribution is 0.145. The van der Waals surface area contributed by atoms with Crippen LogP contribution in [0, 0.1) is 0 Å². The molecule has 0 aromatic heterocycles. The molecule has 0 radical (unpaired) electrons. The van der Waals surface area contributed by atoms with Gasteiger partial charge >= 0.3 is 6.03 Å². The Morgan fingerprint density at radius 2 is 1.79 bits per heavy atom. The van der Waals surface area contributed by atoms with Gasteiger partial charge in [0.15, 0.2) is 0 Å². The summed E-state index contributed by atoms with van der Waals surface area (Å²) in [6, 6.07) is -0.0741. The first-order valence-corrected chi connectivity index (χ1v) is 5.40. The molecule has 0 bridgehead atoms. The number of unbranched alkanes of at least 4 members (excludes halogenated alkanes) is 1. The summed E-state index contributed by atoms with van der Waals surface area (Å²) in [6.45, 7) is 6.95. The third kappa shape index (κ3) is 9.32. The van der Waals surface area contributed by atoms with Crippen LogP contribution in [0.1, 0.15) is 33.1 Å². The second-order valence-corrected chi connectivity index (χ2v) is 3.09. The van der Waals surface area contributed by atoms with Crippen molar-refractivity contribution in [3.05, 3.63) is 0 Å². The lowest BCUT2D eigenvalue weighted by Gasteiger charge is -2.06. The molecule has 14 heavy (non-hydrogen) atoms. The highest BCUT2D eigenvalue weighted by molar-refractivity contribution is 5.73. The van der Waals surface area contributed by atoms with Crippen molar-refractivity contribution in [2.24, 2.45) is 0 Å². The summed E-state index contributed by atoms with van der Waals surface area (Å²) >= 11 is 0. The molecule has 0 aromatic carbocycles. The summed E-state index contributed by atoms with van der Waals surface area (Å²) in [5.74, 6) is 0. The molecule has 2 N–H and O–H groups in total. The molecular weight excluding hydrogens is 180 g/mol. The molecule has 0 aliphatic carbocycles. The summed E-state index contributed by atoms with van der Waals surface area (Å²) < 4.78 is 5.14. The Bertz CT molecular complexity index is 140. The third-order valence-corrected chi connectivity index (χ3v) is 1.77. The monoisotopic (exact) mass is 202 g/mol. The van der Waals surface area contributed by atoms with Crippen LogP contribution in [0.4, 0.5) is 4.79 Å². The minimum absolute atomic E-state index is 0.0741. The minimum Gasteiger partial charge on any atom is -0.382 e. The number of rotatable bonds is 8. The van der Waals surface area contributed by atoms with Gasteiger partial charge in [-0.15, -0.1) is 0 Å². The second-order valence-electron chi connectivity index (χ2n) is 3.09. The molecule has 0 aliphatic rings. The Morgan fingerprint density at radius 3 is 2.36 bits per heavy atom. The molecule has 0 fully saturated rings. The van der Waals surface area contributed by atoms with E-state index in [2.05, 4.69) is 17.6 Å². The van der Waals surface area contributed by atoms with E-state index in [0.29, 0.717) is 13.2 Å². The van der Waals surface area contributed by atoms with E-state index in [1.54, 1.807) is 0 Å². The normalized spacial score (nSPS) is 9.86. The molecule has 0 aliphatic heterocycles. The zero-order valence-electron chi connectivity index (χ0n) is 9.27. The fraction of sp³-hybridized carbons (Fsp3) is 0.900. The highest BCUT2D eigenvalue weighted by Crippen LogP contribution is 1.83. The Labute approximate surface area is 86.4 Å². The zero-order valence-corrected chi connectivity index (χ0v) is 9.27. The maximum Gasteiger partial charge on any atom is 0.314 e. The van der Waals surface area contributed by atoms with Crippen LogP contribution in [0.3, 0.4) is 0 Å². The van der Waals surface area contributed by atoms with E-state index in [-0.39, 0.29) is 6.03 Å². The molecule has 4 nitrogen and oxygen atoms in total. The van der Waals surface area contributed by atoms with E-state index in [9.17, 15) is 4.79 Å². The maximum absolute atomic E-state index is 11.1.